The summed E-state index contributed by atoms with van der Waals surface area (Å²) in [4.78, 5) is 24.6. The van der Waals surface area contributed by atoms with Crippen molar-refractivity contribution in [2.24, 2.45) is 11.8 Å². The molecule has 1 aromatic carbocycles. The van der Waals surface area contributed by atoms with Crippen molar-refractivity contribution in [3.8, 4) is 5.69 Å². The summed E-state index contributed by atoms with van der Waals surface area (Å²) in [6.07, 6.45) is 1.43. The molecule has 2 heterocycles. The van der Waals surface area contributed by atoms with Gasteiger partial charge in [0, 0.05) is 36.8 Å². The molecule has 1 amide bonds. The summed E-state index contributed by atoms with van der Waals surface area (Å²) < 4.78 is 7.40. The van der Waals surface area contributed by atoms with Gasteiger partial charge in [-0.3, -0.25) is 9.59 Å². The first-order valence-corrected chi connectivity index (χ1v) is 10.1. The molecular weight excluding hydrogens is 368 g/mol. The van der Waals surface area contributed by atoms with E-state index in [0.717, 1.165) is 17.1 Å². The maximum absolute atomic E-state index is 12.9. The van der Waals surface area contributed by atoms with Gasteiger partial charge in [-0.25, -0.2) is 0 Å². The third kappa shape index (κ3) is 4.70. The largest absolute Gasteiger partial charge is 0.481 e. The van der Waals surface area contributed by atoms with Gasteiger partial charge in [-0.05, 0) is 75.8 Å². The Hall–Kier alpha value is -2.60. The van der Waals surface area contributed by atoms with E-state index in [0.29, 0.717) is 31.6 Å². The molecule has 0 bridgehead atoms. The molecule has 2 aromatic rings. The monoisotopic (exact) mass is 398 g/mol. The molecule has 1 fully saturated rings. The molecule has 6 nitrogen and oxygen atoms in total. The van der Waals surface area contributed by atoms with E-state index in [1.54, 1.807) is 0 Å². The van der Waals surface area contributed by atoms with Crippen molar-refractivity contribution in [3.63, 3.8) is 0 Å². The van der Waals surface area contributed by atoms with Crippen LogP contribution in [0.2, 0.25) is 0 Å². The first-order chi connectivity index (χ1) is 13.8. The minimum absolute atomic E-state index is 0.0317. The zero-order valence-electron chi connectivity index (χ0n) is 17.6. The molecule has 1 aromatic heterocycles. The summed E-state index contributed by atoms with van der Waals surface area (Å²) in [5.74, 6) is -1.65. The maximum Gasteiger partial charge on any atom is 0.308 e. The molecule has 1 saturated heterocycles. The minimum atomic E-state index is -0.863. The summed E-state index contributed by atoms with van der Waals surface area (Å²) in [6, 6.07) is 8.18. The van der Waals surface area contributed by atoms with E-state index in [4.69, 9.17) is 4.74 Å². The predicted molar refractivity (Wildman–Crippen MR) is 112 cm³/mol. The smallest absolute Gasteiger partial charge is 0.308 e. The fourth-order valence-electron chi connectivity index (χ4n) is 4.34. The van der Waals surface area contributed by atoms with Gasteiger partial charge in [-0.1, -0.05) is 6.07 Å². The number of carbonyl (C=O) groups excluding carboxylic acids is 1. The van der Waals surface area contributed by atoms with Crippen LogP contribution in [-0.4, -0.2) is 41.3 Å². The van der Waals surface area contributed by atoms with E-state index < -0.39 is 11.9 Å². The van der Waals surface area contributed by atoms with Crippen LogP contribution in [0.5, 0.6) is 0 Å². The number of ether oxygens (including phenoxy) is 1. The fourth-order valence-corrected chi connectivity index (χ4v) is 4.34. The van der Waals surface area contributed by atoms with Crippen LogP contribution in [0.3, 0.4) is 0 Å². The van der Waals surface area contributed by atoms with Crippen molar-refractivity contribution in [3.05, 3.63) is 52.3 Å². The zero-order chi connectivity index (χ0) is 21.1. The summed E-state index contributed by atoms with van der Waals surface area (Å²) in [5.41, 5.74) is 5.76. The van der Waals surface area contributed by atoms with E-state index in [9.17, 15) is 14.7 Å². The molecule has 3 rings (SSSR count). The lowest BCUT2D eigenvalue weighted by Crippen LogP contribution is -2.39. The quantitative estimate of drug-likeness (QED) is 0.780. The van der Waals surface area contributed by atoms with Gasteiger partial charge >= 0.3 is 5.97 Å². The summed E-state index contributed by atoms with van der Waals surface area (Å²) >= 11 is 0. The first kappa shape index (κ1) is 21.1. The molecule has 156 valence electrons. The molecule has 0 aliphatic carbocycles. The number of aryl methyl sites for hydroxylation is 3. The summed E-state index contributed by atoms with van der Waals surface area (Å²) in [7, 11) is 0. The van der Waals surface area contributed by atoms with E-state index in [1.807, 2.05) is 19.9 Å². The van der Waals surface area contributed by atoms with E-state index in [1.165, 1.54) is 11.1 Å². The molecule has 6 heteroatoms. The molecular formula is C23H30N2O4. The Morgan fingerprint density at radius 3 is 2.31 bits per heavy atom. The minimum Gasteiger partial charge on any atom is -0.481 e. The van der Waals surface area contributed by atoms with Crippen molar-refractivity contribution in [1.82, 2.24) is 9.88 Å². The Labute approximate surface area is 171 Å². The van der Waals surface area contributed by atoms with Crippen molar-refractivity contribution in [1.29, 1.82) is 0 Å². The van der Waals surface area contributed by atoms with E-state index >= 15 is 0 Å². The third-order valence-corrected chi connectivity index (χ3v) is 5.78. The lowest BCUT2D eigenvalue weighted by atomic mass is 9.86. The molecule has 0 saturated carbocycles. The number of nitrogens with zero attached hydrogens (tertiary/aromatic N) is 1. The number of hydrogen-bond acceptors (Lipinski definition) is 3. The number of rotatable bonds is 6. The van der Waals surface area contributed by atoms with Crippen LogP contribution < -0.4 is 5.32 Å². The number of carbonyl (C=O) groups is 2. The second-order valence-electron chi connectivity index (χ2n) is 8.07. The van der Waals surface area contributed by atoms with Gasteiger partial charge in [-0.15, -0.1) is 0 Å². The highest BCUT2D eigenvalue weighted by Crippen LogP contribution is 2.25. The number of benzene rings is 1. The number of amides is 1. The Balaban J connectivity index is 1.78. The summed E-state index contributed by atoms with van der Waals surface area (Å²) in [5, 5.41) is 12.5. The Morgan fingerprint density at radius 1 is 1.10 bits per heavy atom. The zero-order valence-corrected chi connectivity index (χ0v) is 17.6. The fraction of sp³-hybridized carbons (Fsp3) is 0.478. The van der Waals surface area contributed by atoms with Crippen LogP contribution in [0.25, 0.3) is 5.69 Å². The lowest BCUT2D eigenvalue weighted by molar-refractivity contribution is -0.144. The average molecular weight is 399 g/mol. The van der Waals surface area contributed by atoms with Crippen LogP contribution in [0.4, 0.5) is 0 Å². The van der Waals surface area contributed by atoms with Gasteiger partial charge in [0.1, 0.15) is 0 Å². The topological polar surface area (TPSA) is 80.6 Å². The second-order valence-corrected chi connectivity index (χ2v) is 8.07. The first-order valence-electron chi connectivity index (χ1n) is 10.1. The molecule has 0 radical (unpaired) electrons. The van der Waals surface area contributed by atoms with Crippen LogP contribution in [-0.2, 0) is 9.53 Å². The average Bonchev–Trinajstić information content (AvgIpc) is 2.96. The van der Waals surface area contributed by atoms with E-state index in [-0.39, 0.29) is 18.4 Å². The van der Waals surface area contributed by atoms with Crippen LogP contribution in [0.15, 0.2) is 24.3 Å². The molecule has 2 N–H and O–H groups in total. The van der Waals surface area contributed by atoms with Gasteiger partial charge in [-0.2, -0.15) is 0 Å². The maximum atomic E-state index is 12.9. The van der Waals surface area contributed by atoms with Gasteiger partial charge in [0.15, 0.2) is 0 Å². The third-order valence-electron chi connectivity index (χ3n) is 5.78. The molecule has 1 unspecified atom stereocenters. The van der Waals surface area contributed by atoms with Gasteiger partial charge in [0.05, 0.1) is 11.5 Å². The number of hydrogen-bond donors (Lipinski definition) is 2. The highest BCUT2D eigenvalue weighted by atomic mass is 16.5. The Bertz CT molecular complexity index is 890. The molecule has 1 aliphatic heterocycles. The Kier molecular flexibility index (Phi) is 6.42. The second kappa shape index (κ2) is 8.82. The number of carboxylic acid groups (broad SMARTS) is 1. The van der Waals surface area contributed by atoms with Gasteiger partial charge < -0.3 is 19.7 Å². The van der Waals surface area contributed by atoms with Gasteiger partial charge in [0.2, 0.25) is 0 Å². The van der Waals surface area contributed by atoms with Crippen LogP contribution in [0.1, 0.15) is 45.7 Å². The van der Waals surface area contributed by atoms with Crippen molar-refractivity contribution < 1.29 is 19.4 Å². The Morgan fingerprint density at radius 2 is 1.72 bits per heavy atom. The molecule has 1 aliphatic rings. The van der Waals surface area contributed by atoms with E-state index in [2.05, 4.69) is 41.9 Å². The van der Waals surface area contributed by atoms with Crippen LogP contribution in [0, 0.1) is 39.5 Å². The number of nitrogens with one attached hydrogen (secondary N) is 1. The number of aliphatic carboxylic acids is 1. The van der Waals surface area contributed by atoms with Crippen molar-refractivity contribution in [2.45, 2.75) is 40.5 Å². The normalized spacial score (nSPS) is 15.9. The van der Waals surface area contributed by atoms with Crippen molar-refractivity contribution >= 4 is 11.9 Å². The number of carboxylic acids is 1. The predicted octanol–water partition coefficient (Wildman–Crippen LogP) is 3.57. The standard InChI is InChI=1S/C23H30N2O4/c1-14-9-15(2)11-19(10-14)25-16(3)12-20(17(25)4)22(26)24-13-21(23(27)28)18-5-7-29-8-6-18/h9-12,18,21H,5-8,13H2,1-4H3,(H,24,26)(H,27,28). The number of aromatic nitrogens is 1. The van der Waals surface area contributed by atoms with Gasteiger partial charge in [0.25, 0.3) is 5.91 Å². The summed E-state index contributed by atoms with van der Waals surface area (Å²) in [6.45, 7) is 9.31. The molecule has 0 spiro atoms. The lowest BCUT2D eigenvalue weighted by Gasteiger charge is -2.27. The van der Waals surface area contributed by atoms with Crippen LogP contribution >= 0.6 is 0 Å². The molecule has 1 atom stereocenters. The highest BCUT2D eigenvalue weighted by molar-refractivity contribution is 5.96. The molecule has 29 heavy (non-hydrogen) atoms. The highest BCUT2D eigenvalue weighted by Gasteiger charge is 2.30. The van der Waals surface area contributed by atoms with Crippen molar-refractivity contribution in [2.75, 3.05) is 19.8 Å². The SMILES string of the molecule is Cc1cc(C)cc(-n2c(C)cc(C(=O)NCC(C(=O)O)C3CCOCC3)c2C)c1.